The van der Waals surface area contributed by atoms with E-state index in [1.54, 1.807) is 4.90 Å². The van der Waals surface area contributed by atoms with E-state index < -0.39 is 0 Å². The Morgan fingerprint density at radius 1 is 1.38 bits per heavy atom. The van der Waals surface area contributed by atoms with Crippen molar-refractivity contribution in [2.24, 2.45) is 5.73 Å². The van der Waals surface area contributed by atoms with Crippen LogP contribution in [-0.2, 0) is 0 Å². The first-order chi connectivity index (χ1) is 6.11. The van der Waals surface area contributed by atoms with Gasteiger partial charge < -0.3 is 15.5 Å². The van der Waals surface area contributed by atoms with Crippen LogP contribution in [0.15, 0.2) is 0 Å². The minimum absolute atomic E-state index is 0.272. The third-order valence-electron chi connectivity index (χ3n) is 2.59. The van der Waals surface area contributed by atoms with Gasteiger partial charge in [0.15, 0.2) is 0 Å². The molecule has 4 heteroatoms. The highest BCUT2D eigenvalue weighted by Crippen LogP contribution is 2.24. The monoisotopic (exact) mass is 185 g/mol. The summed E-state index contributed by atoms with van der Waals surface area (Å²) in [5.74, 6) is 0. The highest BCUT2D eigenvalue weighted by atomic mass is 16.2. The third kappa shape index (κ3) is 2.88. The number of likely N-dealkylation sites (N-methyl/N-ethyl adjacent to an activating group) is 1. The summed E-state index contributed by atoms with van der Waals surface area (Å²) in [6.07, 6.45) is 3.48. The van der Waals surface area contributed by atoms with Gasteiger partial charge >= 0.3 is 6.03 Å². The van der Waals surface area contributed by atoms with E-state index in [9.17, 15) is 4.79 Å². The number of urea groups is 1. The Morgan fingerprint density at radius 3 is 2.31 bits per heavy atom. The summed E-state index contributed by atoms with van der Waals surface area (Å²) in [6, 6.07) is 0.143. The van der Waals surface area contributed by atoms with E-state index in [-0.39, 0.29) is 6.03 Å². The number of amides is 2. The minimum atomic E-state index is -0.272. The second-order valence-corrected chi connectivity index (χ2v) is 3.92. The lowest BCUT2D eigenvalue weighted by molar-refractivity contribution is 0.138. The van der Waals surface area contributed by atoms with Crippen LogP contribution < -0.4 is 5.73 Å². The molecule has 0 bridgehead atoms. The number of primary amides is 1. The maximum absolute atomic E-state index is 11.1. The largest absolute Gasteiger partial charge is 0.351 e. The Bertz CT molecular complexity index is 178. The molecule has 0 aliphatic heterocycles. The van der Waals surface area contributed by atoms with Gasteiger partial charge in [0.2, 0.25) is 0 Å². The lowest BCUT2D eigenvalue weighted by atomic mass is 9.92. The van der Waals surface area contributed by atoms with Gasteiger partial charge in [-0.1, -0.05) is 0 Å². The van der Waals surface area contributed by atoms with Gasteiger partial charge in [0.1, 0.15) is 0 Å². The van der Waals surface area contributed by atoms with Crippen LogP contribution >= 0.6 is 0 Å². The molecule has 0 heterocycles. The number of rotatable bonds is 4. The van der Waals surface area contributed by atoms with E-state index in [4.69, 9.17) is 5.73 Å². The van der Waals surface area contributed by atoms with Gasteiger partial charge in [-0.3, -0.25) is 0 Å². The molecule has 76 valence electrons. The van der Waals surface area contributed by atoms with Crippen LogP contribution in [0.1, 0.15) is 19.3 Å². The summed E-state index contributed by atoms with van der Waals surface area (Å²) in [7, 11) is 4.00. The Hall–Kier alpha value is -0.770. The van der Waals surface area contributed by atoms with Gasteiger partial charge in [-0.15, -0.1) is 0 Å². The normalized spacial score (nSPS) is 17.2. The van der Waals surface area contributed by atoms with Crippen molar-refractivity contribution in [1.29, 1.82) is 0 Å². The quantitative estimate of drug-likeness (QED) is 0.692. The molecule has 1 rings (SSSR count). The van der Waals surface area contributed by atoms with Crippen LogP contribution in [0.5, 0.6) is 0 Å². The molecule has 0 spiro atoms. The first-order valence-corrected chi connectivity index (χ1v) is 4.82. The molecule has 0 aromatic rings. The molecule has 1 saturated carbocycles. The number of carbonyl (C=O) groups is 1. The molecule has 0 unspecified atom stereocenters. The molecular formula is C9H19N3O. The summed E-state index contributed by atoms with van der Waals surface area (Å²) in [5, 5.41) is 0. The number of hydrogen-bond donors (Lipinski definition) is 1. The van der Waals surface area contributed by atoms with Gasteiger partial charge in [0.25, 0.3) is 0 Å². The van der Waals surface area contributed by atoms with Crippen LogP contribution in [0.3, 0.4) is 0 Å². The molecule has 0 atom stereocenters. The highest BCUT2D eigenvalue weighted by molar-refractivity contribution is 5.72. The predicted octanol–water partition coefficient (Wildman–Crippen LogP) is 0.481. The van der Waals surface area contributed by atoms with Crippen molar-refractivity contribution in [2.75, 3.05) is 27.2 Å². The van der Waals surface area contributed by atoms with Crippen molar-refractivity contribution >= 4 is 6.03 Å². The van der Waals surface area contributed by atoms with Gasteiger partial charge in [0, 0.05) is 19.1 Å². The molecule has 4 nitrogen and oxygen atoms in total. The van der Waals surface area contributed by atoms with E-state index in [0.717, 1.165) is 25.9 Å². The molecular weight excluding hydrogens is 166 g/mol. The number of nitrogens with zero attached hydrogens (tertiary/aromatic N) is 2. The van der Waals surface area contributed by atoms with E-state index in [1.807, 2.05) is 14.1 Å². The fourth-order valence-electron chi connectivity index (χ4n) is 1.48. The molecule has 1 aliphatic rings. The second-order valence-electron chi connectivity index (χ2n) is 3.92. The molecule has 0 radical (unpaired) electrons. The molecule has 2 N–H and O–H groups in total. The van der Waals surface area contributed by atoms with Gasteiger partial charge in [-0.05, 0) is 33.4 Å². The van der Waals surface area contributed by atoms with E-state index >= 15 is 0 Å². The number of carbonyl (C=O) groups excluding carboxylic acids is 1. The average molecular weight is 185 g/mol. The maximum atomic E-state index is 11.1. The zero-order chi connectivity index (χ0) is 9.84. The van der Waals surface area contributed by atoms with Crippen molar-refractivity contribution in [2.45, 2.75) is 25.3 Å². The Labute approximate surface area is 79.7 Å². The van der Waals surface area contributed by atoms with Crippen LogP contribution in [-0.4, -0.2) is 49.1 Å². The Morgan fingerprint density at radius 2 is 2.00 bits per heavy atom. The van der Waals surface area contributed by atoms with Gasteiger partial charge in [-0.2, -0.15) is 0 Å². The first-order valence-electron chi connectivity index (χ1n) is 4.82. The molecule has 1 fully saturated rings. The van der Waals surface area contributed by atoms with E-state index in [2.05, 4.69) is 4.90 Å². The molecule has 0 aromatic carbocycles. The summed E-state index contributed by atoms with van der Waals surface area (Å²) in [6.45, 7) is 1.65. The molecule has 0 aromatic heterocycles. The van der Waals surface area contributed by atoms with Crippen molar-refractivity contribution in [3.63, 3.8) is 0 Å². The van der Waals surface area contributed by atoms with Crippen molar-refractivity contribution in [3.8, 4) is 0 Å². The van der Waals surface area contributed by atoms with Gasteiger partial charge in [0.05, 0.1) is 0 Å². The first kappa shape index (κ1) is 10.3. The van der Waals surface area contributed by atoms with E-state index in [1.165, 1.54) is 6.42 Å². The lowest BCUT2D eigenvalue weighted by Gasteiger charge is -2.36. The lowest BCUT2D eigenvalue weighted by Crippen LogP contribution is -2.49. The van der Waals surface area contributed by atoms with Crippen LogP contribution in [0.25, 0.3) is 0 Å². The average Bonchev–Trinajstić information content (AvgIpc) is 1.92. The minimum Gasteiger partial charge on any atom is -0.351 e. The maximum Gasteiger partial charge on any atom is 0.315 e. The highest BCUT2D eigenvalue weighted by Gasteiger charge is 2.26. The second kappa shape index (κ2) is 4.46. The smallest absolute Gasteiger partial charge is 0.315 e. The topological polar surface area (TPSA) is 49.6 Å². The molecule has 0 saturated heterocycles. The molecule has 13 heavy (non-hydrogen) atoms. The van der Waals surface area contributed by atoms with E-state index in [0.29, 0.717) is 6.04 Å². The number of hydrogen-bond acceptors (Lipinski definition) is 2. The standard InChI is InChI=1S/C9H19N3O/c1-11(2)6-7-12(9(10)13)8-4-3-5-8/h8H,3-7H2,1-2H3,(H2,10,13). The molecule has 1 aliphatic carbocycles. The van der Waals surface area contributed by atoms with Crippen LogP contribution in [0, 0.1) is 0 Å². The third-order valence-corrected chi connectivity index (χ3v) is 2.59. The van der Waals surface area contributed by atoms with Crippen molar-refractivity contribution < 1.29 is 4.79 Å². The molecule has 2 amide bonds. The predicted molar refractivity (Wildman–Crippen MR) is 52.5 cm³/mol. The fourth-order valence-corrected chi connectivity index (χ4v) is 1.48. The Balaban J connectivity index is 2.33. The summed E-state index contributed by atoms with van der Waals surface area (Å²) < 4.78 is 0. The zero-order valence-electron chi connectivity index (χ0n) is 8.49. The zero-order valence-corrected chi connectivity index (χ0v) is 8.49. The Kier molecular flexibility index (Phi) is 3.54. The summed E-state index contributed by atoms with van der Waals surface area (Å²) >= 11 is 0. The van der Waals surface area contributed by atoms with Crippen molar-refractivity contribution in [3.05, 3.63) is 0 Å². The van der Waals surface area contributed by atoms with Crippen molar-refractivity contribution in [1.82, 2.24) is 9.80 Å². The summed E-state index contributed by atoms with van der Waals surface area (Å²) in [5.41, 5.74) is 5.30. The van der Waals surface area contributed by atoms with Crippen LogP contribution in [0.4, 0.5) is 4.79 Å². The fraction of sp³-hybridized carbons (Fsp3) is 0.889. The van der Waals surface area contributed by atoms with Crippen LogP contribution in [0.2, 0.25) is 0 Å². The SMILES string of the molecule is CN(C)CCN(C(N)=O)C1CCC1. The number of nitrogens with two attached hydrogens (primary N) is 1. The van der Waals surface area contributed by atoms with Gasteiger partial charge in [-0.25, -0.2) is 4.79 Å². The summed E-state index contributed by atoms with van der Waals surface area (Å²) in [4.78, 5) is 14.9.